The fourth-order valence-corrected chi connectivity index (χ4v) is 4.34. The van der Waals surface area contributed by atoms with Crippen LogP contribution in [0.25, 0.3) is 0 Å². The molecule has 2 nitrogen and oxygen atoms in total. The molecule has 0 spiro atoms. The van der Waals surface area contributed by atoms with Crippen LogP contribution in [0.1, 0.15) is 65.7 Å². The second kappa shape index (κ2) is 5.92. The van der Waals surface area contributed by atoms with Gasteiger partial charge >= 0.3 is 0 Å². The van der Waals surface area contributed by atoms with Gasteiger partial charge in [-0.05, 0) is 51.6 Å². The van der Waals surface area contributed by atoms with E-state index in [2.05, 4.69) is 38.0 Å². The van der Waals surface area contributed by atoms with Crippen LogP contribution in [0.5, 0.6) is 0 Å². The molecule has 0 aromatic heterocycles. The molecule has 18 heavy (non-hydrogen) atoms. The molecule has 2 fully saturated rings. The Bertz CT molecular complexity index is 262. The normalized spacial score (nSPS) is 38.3. The van der Waals surface area contributed by atoms with Crippen molar-refractivity contribution in [2.75, 3.05) is 13.6 Å². The van der Waals surface area contributed by atoms with Crippen molar-refractivity contribution in [1.82, 2.24) is 10.2 Å². The molecule has 1 saturated heterocycles. The summed E-state index contributed by atoms with van der Waals surface area (Å²) < 4.78 is 0. The predicted octanol–water partition coefficient (Wildman–Crippen LogP) is 3.42. The smallest absolute Gasteiger partial charge is 0.0271 e. The van der Waals surface area contributed by atoms with Crippen molar-refractivity contribution < 1.29 is 0 Å². The number of likely N-dealkylation sites (N-methyl/N-ethyl adjacent to an activating group) is 1. The number of likely N-dealkylation sites (tertiary alicyclic amines) is 1. The van der Waals surface area contributed by atoms with Crippen LogP contribution in [-0.4, -0.2) is 36.6 Å². The van der Waals surface area contributed by atoms with Crippen LogP contribution in [0.2, 0.25) is 0 Å². The van der Waals surface area contributed by atoms with Crippen LogP contribution >= 0.6 is 0 Å². The van der Waals surface area contributed by atoms with E-state index in [1.807, 2.05) is 0 Å². The molecule has 1 aliphatic heterocycles. The zero-order chi connectivity index (χ0) is 13.2. The van der Waals surface area contributed by atoms with E-state index in [4.69, 9.17) is 0 Å². The number of hydrogen-bond acceptors (Lipinski definition) is 2. The van der Waals surface area contributed by atoms with E-state index >= 15 is 0 Å². The van der Waals surface area contributed by atoms with Gasteiger partial charge < -0.3 is 5.32 Å². The summed E-state index contributed by atoms with van der Waals surface area (Å²) in [5, 5.41) is 3.64. The van der Waals surface area contributed by atoms with Gasteiger partial charge in [0.05, 0.1) is 0 Å². The van der Waals surface area contributed by atoms with Crippen LogP contribution in [0, 0.1) is 5.41 Å². The molecule has 0 amide bonds. The Morgan fingerprint density at radius 2 is 1.83 bits per heavy atom. The van der Waals surface area contributed by atoms with E-state index < -0.39 is 0 Å². The molecular weight excluding hydrogens is 220 g/mol. The van der Waals surface area contributed by atoms with E-state index in [0.29, 0.717) is 11.5 Å². The Morgan fingerprint density at radius 1 is 1.06 bits per heavy atom. The first-order valence-corrected chi connectivity index (χ1v) is 7.99. The molecule has 1 heterocycles. The minimum absolute atomic E-state index is 0.448. The van der Waals surface area contributed by atoms with Gasteiger partial charge in [-0.1, -0.05) is 33.1 Å². The van der Waals surface area contributed by atoms with Gasteiger partial charge in [0.15, 0.2) is 0 Å². The summed E-state index contributed by atoms with van der Waals surface area (Å²) in [6, 6.07) is 2.20. The zero-order valence-electron chi connectivity index (χ0n) is 12.8. The Labute approximate surface area is 114 Å². The molecule has 2 rings (SSSR count). The van der Waals surface area contributed by atoms with Crippen molar-refractivity contribution in [3.05, 3.63) is 0 Å². The summed E-state index contributed by atoms with van der Waals surface area (Å²) in [4.78, 5) is 2.83. The second-order valence-corrected chi connectivity index (χ2v) is 7.15. The van der Waals surface area contributed by atoms with Gasteiger partial charge in [0, 0.05) is 18.1 Å². The Balaban J connectivity index is 2.13. The minimum Gasteiger partial charge on any atom is -0.315 e. The molecule has 0 bridgehead atoms. The lowest BCUT2D eigenvalue weighted by Gasteiger charge is -2.49. The lowest BCUT2D eigenvalue weighted by Crippen LogP contribution is -2.59. The number of rotatable bonds is 2. The van der Waals surface area contributed by atoms with E-state index in [1.165, 1.54) is 51.5 Å². The Kier molecular flexibility index (Phi) is 4.71. The molecule has 0 aromatic carbocycles. The van der Waals surface area contributed by atoms with E-state index in [1.54, 1.807) is 0 Å². The summed E-state index contributed by atoms with van der Waals surface area (Å²) in [6.45, 7) is 8.66. The minimum atomic E-state index is 0.448. The van der Waals surface area contributed by atoms with Crippen LogP contribution in [0.3, 0.4) is 0 Å². The topological polar surface area (TPSA) is 15.3 Å². The van der Waals surface area contributed by atoms with Gasteiger partial charge in [0.2, 0.25) is 0 Å². The first kappa shape index (κ1) is 14.3. The fraction of sp³-hybridized carbons (Fsp3) is 1.00. The highest BCUT2D eigenvalue weighted by molar-refractivity contribution is 4.98. The molecule has 106 valence electrons. The third-order valence-corrected chi connectivity index (χ3v) is 5.39. The largest absolute Gasteiger partial charge is 0.315 e. The first-order valence-electron chi connectivity index (χ1n) is 7.99. The monoisotopic (exact) mass is 252 g/mol. The summed E-state index contributed by atoms with van der Waals surface area (Å²) in [7, 11) is 2.16. The lowest BCUT2D eigenvalue weighted by molar-refractivity contribution is 0.0319. The Hall–Kier alpha value is -0.0800. The lowest BCUT2D eigenvalue weighted by atomic mass is 9.70. The third-order valence-electron chi connectivity index (χ3n) is 5.39. The fourth-order valence-electron chi connectivity index (χ4n) is 4.34. The summed E-state index contributed by atoms with van der Waals surface area (Å²) in [5.41, 5.74) is 0.448. The van der Waals surface area contributed by atoms with Gasteiger partial charge in [-0.3, -0.25) is 4.90 Å². The van der Waals surface area contributed by atoms with Crippen molar-refractivity contribution in [3.63, 3.8) is 0 Å². The summed E-state index contributed by atoms with van der Waals surface area (Å²) in [5.74, 6) is 0. The molecule has 2 aliphatic rings. The highest BCUT2D eigenvalue weighted by Gasteiger charge is 2.41. The van der Waals surface area contributed by atoms with E-state index in [-0.39, 0.29) is 0 Å². The van der Waals surface area contributed by atoms with Crippen LogP contribution in [-0.2, 0) is 0 Å². The maximum absolute atomic E-state index is 3.64. The molecule has 2 heteroatoms. The molecule has 1 aliphatic carbocycles. The van der Waals surface area contributed by atoms with Crippen molar-refractivity contribution in [3.8, 4) is 0 Å². The van der Waals surface area contributed by atoms with Gasteiger partial charge in [-0.25, -0.2) is 0 Å². The van der Waals surface area contributed by atoms with Crippen LogP contribution in [0.4, 0.5) is 0 Å². The number of nitrogens with zero attached hydrogens (tertiary/aromatic N) is 1. The SMILES string of the molecule is CNC1C(N2CCCCCC2C)CCCC1(C)C. The van der Waals surface area contributed by atoms with Gasteiger partial charge in [-0.15, -0.1) is 0 Å². The first-order chi connectivity index (χ1) is 8.56. The average Bonchev–Trinajstić information content (AvgIpc) is 2.52. The van der Waals surface area contributed by atoms with Gasteiger partial charge in [0.1, 0.15) is 0 Å². The summed E-state index contributed by atoms with van der Waals surface area (Å²) in [6.07, 6.45) is 9.82. The highest BCUT2D eigenvalue weighted by Crippen LogP contribution is 2.39. The highest BCUT2D eigenvalue weighted by atomic mass is 15.2. The second-order valence-electron chi connectivity index (χ2n) is 7.15. The van der Waals surface area contributed by atoms with E-state index in [9.17, 15) is 0 Å². The average molecular weight is 252 g/mol. The molecule has 3 unspecified atom stereocenters. The molecule has 0 aromatic rings. The Morgan fingerprint density at radius 3 is 2.56 bits per heavy atom. The zero-order valence-corrected chi connectivity index (χ0v) is 12.8. The molecule has 0 radical (unpaired) electrons. The molecule has 1 N–H and O–H groups in total. The van der Waals surface area contributed by atoms with Crippen molar-refractivity contribution in [1.29, 1.82) is 0 Å². The van der Waals surface area contributed by atoms with Gasteiger partial charge in [-0.2, -0.15) is 0 Å². The molecule has 3 atom stereocenters. The van der Waals surface area contributed by atoms with E-state index in [0.717, 1.165) is 12.1 Å². The van der Waals surface area contributed by atoms with Crippen LogP contribution in [0.15, 0.2) is 0 Å². The quantitative estimate of drug-likeness (QED) is 0.810. The number of hydrogen-bond donors (Lipinski definition) is 1. The maximum atomic E-state index is 3.64. The van der Waals surface area contributed by atoms with Crippen molar-refractivity contribution in [2.45, 2.75) is 83.8 Å². The standard InChI is InChI=1S/C16H32N2/c1-13-9-6-5-7-12-18(13)14-10-8-11-16(2,3)15(14)17-4/h13-15,17H,5-12H2,1-4H3. The maximum Gasteiger partial charge on any atom is 0.0271 e. The number of nitrogens with one attached hydrogen (secondary N) is 1. The third kappa shape index (κ3) is 2.91. The predicted molar refractivity (Wildman–Crippen MR) is 78.9 cm³/mol. The van der Waals surface area contributed by atoms with Crippen molar-refractivity contribution >= 4 is 0 Å². The molecular formula is C16H32N2. The van der Waals surface area contributed by atoms with Crippen LogP contribution < -0.4 is 5.32 Å². The van der Waals surface area contributed by atoms with Crippen molar-refractivity contribution in [2.24, 2.45) is 5.41 Å². The van der Waals surface area contributed by atoms with Gasteiger partial charge in [0.25, 0.3) is 0 Å². The summed E-state index contributed by atoms with van der Waals surface area (Å²) >= 11 is 0. The molecule has 1 saturated carbocycles.